The third-order valence-electron chi connectivity index (χ3n) is 5.65. The summed E-state index contributed by atoms with van der Waals surface area (Å²) in [5.74, 6) is 0. The molecule has 0 aliphatic carbocycles. The number of nitrogens with one attached hydrogen (secondary N) is 1. The molecule has 1 aliphatic heterocycles. The molecule has 1 N–H and O–H groups in total. The molecule has 1 saturated heterocycles. The molecule has 0 amide bonds. The van der Waals surface area contributed by atoms with E-state index in [9.17, 15) is 0 Å². The van der Waals surface area contributed by atoms with Crippen molar-refractivity contribution in [2.75, 3.05) is 40.9 Å². The standard InChI is InChI=1S/C22H33N5OS/c1-16-15-18(17(2)26(16)13-14-28-5)21-20(19-9-6-7-10-23-19)24-22(29)27(21)12-8-11-25(3)4/h6-7,9-10,15,20-21H,8,11-14H2,1-5H3,(H,24,29)/t20-,21-/m1/s1. The Hall–Kier alpha value is -1.96. The van der Waals surface area contributed by atoms with Gasteiger partial charge in [-0.25, -0.2) is 0 Å². The number of rotatable bonds is 9. The van der Waals surface area contributed by atoms with Gasteiger partial charge >= 0.3 is 0 Å². The number of methoxy groups -OCH3 is 1. The van der Waals surface area contributed by atoms with Crippen molar-refractivity contribution in [3.63, 3.8) is 0 Å². The Bertz CT molecular complexity index is 820. The summed E-state index contributed by atoms with van der Waals surface area (Å²) in [5, 5.41) is 4.36. The van der Waals surface area contributed by atoms with Crippen LogP contribution >= 0.6 is 12.2 Å². The predicted octanol–water partition coefficient (Wildman–Crippen LogP) is 3.07. The van der Waals surface area contributed by atoms with Crippen LogP contribution in [0.15, 0.2) is 30.5 Å². The van der Waals surface area contributed by atoms with Crippen LogP contribution in [0.25, 0.3) is 0 Å². The summed E-state index contributed by atoms with van der Waals surface area (Å²) in [5.41, 5.74) is 4.86. The van der Waals surface area contributed by atoms with E-state index in [4.69, 9.17) is 17.0 Å². The van der Waals surface area contributed by atoms with Gasteiger partial charge in [-0.3, -0.25) is 4.98 Å². The number of ether oxygens (including phenoxy) is 1. The van der Waals surface area contributed by atoms with E-state index in [2.05, 4.69) is 64.7 Å². The smallest absolute Gasteiger partial charge is 0.170 e. The number of hydrogen-bond acceptors (Lipinski definition) is 4. The Labute approximate surface area is 179 Å². The van der Waals surface area contributed by atoms with Crippen LogP contribution in [0.5, 0.6) is 0 Å². The number of pyridine rings is 1. The van der Waals surface area contributed by atoms with Crippen molar-refractivity contribution in [2.24, 2.45) is 0 Å². The highest BCUT2D eigenvalue weighted by molar-refractivity contribution is 7.80. The molecule has 158 valence electrons. The fourth-order valence-electron chi connectivity index (χ4n) is 4.20. The minimum atomic E-state index is 0.0411. The molecule has 7 heteroatoms. The largest absolute Gasteiger partial charge is 0.383 e. The topological polar surface area (TPSA) is 45.6 Å². The maximum atomic E-state index is 5.77. The van der Waals surface area contributed by atoms with Gasteiger partial charge in [0.2, 0.25) is 0 Å². The summed E-state index contributed by atoms with van der Waals surface area (Å²) in [6.45, 7) is 7.87. The molecule has 0 bridgehead atoms. The average molecular weight is 416 g/mol. The van der Waals surface area contributed by atoms with Crippen LogP contribution in [-0.4, -0.2) is 65.4 Å². The van der Waals surface area contributed by atoms with Crippen molar-refractivity contribution in [3.8, 4) is 0 Å². The van der Waals surface area contributed by atoms with Gasteiger partial charge in [0.25, 0.3) is 0 Å². The van der Waals surface area contributed by atoms with E-state index < -0.39 is 0 Å². The first-order valence-electron chi connectivity index (χ1n) is 10.2. The maximum Gasteiger partial charge on any atom is 0.170 e. The summed E-state index contributed by atoms with van der Waals surface area (Å²) < 4.78 is 7.66. The van der Waals surface area contributed by atoms with Crippen LogP contribution in [-0.2, 0) is 11.3 Å². The van der Waals surface area contributed by atoms with Crippen molar-refractivity contribution in [3.05, 3.63) is 53.1 Å². The van der Waals surface area contributed by atoms with Gasteiger partial charge in [-0.05, 0) is 76.9 Å². The number of aromatic nitrogens is 2. The fourth-order valence-corrected chi connectivity index (χ4v) is 4.53. The Morgan fingerprint density at radius 3 is 2.69 bits per heavy atom. The summed E-state index contributed by atoms with van der Waals surface area (Å²) in [6.07, 6.45) is 2.91. The summed E-state index contributed by atoms with van der Waals surface area (Å²) in [4.78, 5) is 9.20. The van der Waals surface area contributed by atoms with E-state index in [-0.39, 0.29) is 12.1 Å². The number of nitrogens with zero attached hydrogens (tertiary/aromatic N) is 4. The van der Waals surface area contributed by atoms with Gasteiger partial charge in [0.1, 0.15) is 0 Å². The van der Waals surface area contributed by atoms with E-state index in [0.29, 0.717) is 6.61 Å². The van der Waals surface area contributed by atoms with Crippen LogP contribution in [0.2, 0.25) is 0 Å². The van der Waals surface area contributed by atoms with Gasteiger partial charge in [-0.15, -0.1) is 0 Å². The molecule has 1 aliphatic rings. The Morgan fingerprint density at radius 2 is 2.03 bits per heavy atom. The summed E-state index contributed by atoms with van der Waals surface area (Å²) in [6, 6.07) is 8.56. The molecule has 0 unspecified atom stereocenters. The minimum absolute atomic E-state index is 0.0411. The molecule has 0 radical (unpaired) electrons. The third-order valence-corrected chi connectivity index (χ3v) is 6.00. The van der Waals surface area contributed by atoms with E-state index in [1.165, 1.54) is 17.0 Å². The molecule has 2 atom stereocenters. The summed E-state index contributed by atoms with van der Waals surface area (Å²) in [7, 11) is 5.97. The van der Waals surface area contributed by atoms with Crippen molar-refractivity contribution in [2.45, 2.75) is 38.9 Å². The van der Waals surface area contributed by atoms with Gasteiger partial charge in [0.05, 0.1) is 24.4 Å². The van der Waals surface area contributed by atoms with E-state index in [1.807, 2.05) is 18.3 Å². The van der Waals surface area contributed by atoms with Crippen molar-refractivity contribution in [1.82, 2.24) is 24.7 Å². The van der Waals surface area contributed by atoms with Gasteiger partial charge in [0.15, 0.2) is 5.11 Å². The van der Waals surface area contributed by atoms with Crippen LogP contribution in [0.1, 0.15) is 41.1 Å². The lowest BCUT2D eigenvalue weighted by atomic mass is 9.96. The second-order valence-electron chi connectivity index (χ2n) is 7.95. The Balaban J connectivity index is 1.97. The fraction of sp³-hybridized carbons (Fsp3) is 0.545. The second kappa shape index (κ2) is 9.69. The molecule has 0 spiro atoms. The quantitative estimate of drug-likeness (QED) is 0.635. The van der Waals surface area contributed by atoms with Crippen LogP contribution in [0, 0.1) is 13.8 Å². The molecular formula is C22H33N5OS. The second-order valence-corrected chi connectivity index (χ2v) is 8.33. The molecule has 3 heterocycles. The molecular weight excluding hydrogens is 382 g/mol. The lowest BCUT2D eigenvalue weighted by Crippen LogP contribution is -2.32. The SMILES string of the molecule is COCCn1c(C)cc([C@@H]2[C@@H](c3ccccn3)NC(=S)N2CCCN(C)C)c1C. The molecule has 29 heavy (non-hydrogen) atoms. The molecule has 0 aromatic carbocycles. The highest BCUT2D eigenvalue weighted by Gasteiger charge is 2.40. The monoisotopic (exact) mass is 415 g/mol. The molecule has 2 aromatic heterocycles. The van der Waals surface area contributed by atoms with Gasteiger partial charge in [-0.2, -0.15) is 0 Å². The lowest BCUT2D eigenvalue weighted by molar-refractivity contribution is 0.186. The zero-order valence-electron chi connectivity index (χ0n) is 18.2. The Morgan fingerprint density at radius 1 is 1.24 bits per heavy atom. The number of hydrogen-bond donors (Lipinski definition) is 1. The highest BCUT2D eigenvalue weighted by Crippen LogP contribution is 2.40. The van der Waals surface area contributed by atoms with Crippen molar-refractivity contribution >= 4 is 17.3 Å². The van der Waals surface area contributed by atoms with Crippen molar-refractivity contribution in [1.29, 1.82) is 0 Å². The molecule has 0 saturated carbocycles. The zero-order chi connectivity index (χ0) is 21.0. The first kappa shape index (κ1) is 21.7. The van der Waals surface area contributed by atoms with Crippen molar-refractivity contribution < 1.29 is 4.74 Å². The van der Waals surface area contributed by atoms with E-state index in [0.717, 1.165) is 36.9 Å². The third kappa shape index (κ3) is 4.79. The zero-order valence-corrected chi connectivity index (χ0v) is 19.0. The van der Waals surface area contributed by atoms with Crippen LogP contribution in [0.4, 0.5) is 0 Å². The molecule has 6 nitrogen and oxygen atoms in total. The van der Waals surface area contributed by atoms with Gasteiger partial charge in [0, 0.05) is 37.8 Å². The van der Waals surface area contributed by atoms with Crippen LogP contribution in [0.3, 0.4) is 0 Å². The number of thiocarbonyl (C=S) groups is 1. The van der Waals surface area contributed by atoms with Gasteiger partial charge < -0.3 is 24.4 Å². The molecule has 2 aromatic rings. The minimum Gasteiger partial charge on any atom is -0.383 e. The van der Waals surface area contributed by atoms with E-state index >= 15 is 0 Å². The average Bonchev–Trinajstić information content (AvgIpc) is 3.16. The van der Waals surface area contributed by atoms with Crippen LogP contribution < -0.4 is 5.32 Å². The Kier molecular flexibility index (Phi) is 7.27. The maximum absolute atomic E-state index is 5.77. The first-order valence-corrected chi connectivity index (χ1v) is 10.6. The van der Waals surface area contributed by atoms with Gasteiger partial charge in [-0.1, -0.05) is 6.07 Å². The lowest BCUT2D eigenvalue weighted by Gasteiger charge is -2.28. The first-order chi connectivity index (χ1) is 13.9. The predicted molar refractivity (Wildman–Crippen MR) is 121 cm³/mol. The molecule has 1 fully saturated rings. The highest BCUT2D eigenvalue weighted by atomic mass is 32.1. The van der Waals surface area contributed by atoms with E-state index in [1.54, 1.807) is 7.11 Å². The molecule has 3 rings (SSSR count). The normalized spacial score (nSPS) is 19.2. The number of aryl methyl sites for hydroxylation is 1. The summed E-state index contributed by atoms with van der Waals surface area (Å²) >= 11 is 5.77.